The second-order valence-electron chi connectivity index (χ2n) is 3.60. The van der Waals surface area contributed by atoms with E-state index in [2.05, 4.69) is 0 Å². The van der Waals surface area contributed by atoms with Crippen LogP contribution in [-0.2, 0) is 4.74 Å². The Hall–Kier alpha value is -2.06. The summed E-state index contributed by atoms with van der Waals surface area (Å²) in [6.07, 6.45) is -0.377. The first-order valence-electron chi connectivity index (χ1n) is 5.34. The highest BCUT2D eigenvalue weighted by atomic mass is 16.6. The van der Waals surface area contributed by atoms with Crippen LogP contribution in [-0.4, -0.2) is 37.3 Å². The van der Waals surface area contributed by atoms with Gasteiger partial charge >= 0.3 is 6.09 Å². The number of amides is 1. The van der Waals surface area contributed by atoms with Crippen molar-refractivity contribution in [1.29, 1.82) is 5.26 Å². The average molecular weight is 232 g/mol. The van der Waals surface area contributed by atoms with Crippen LogP contribution in [0.3, 0.4) is 0 Å². The van der Waals surface area contributed by atoms with E-state index in [1.807, 2.05) is 6.07 Å². The number of rotatable bonds is 1. The van der Waals surface area contributed by atoms with Gasteiger partial charge in [0, 0.05) is 13.1 Å². The zero-order valence-corrected chi connectivity index (χ0v) is 9.26. The van der Waals surface area contributed by atoms with Gasteiger partial charge in [-0.3, -0.25) is 0 Å². The van der Waals surface area contributed by atoms with Gasteiger partial charge in [-0.05, 0) is 24.3 Å². The van der Waals surface area contributed by atoms with Crippen molar-refractivity contribution in [3.8, 4) is 11.8 Å². The molecule has 1 amide bonds. The molecule has 1 saturated heterocycles. The van der Waals surface area contributed by atoms with Crippen LogP contribution in [0.25, 0.3) is 0 Å². The molecule has 0 aliphatic carbocycles. The van der Waals surface area contributed by atoms with E-state index in [9.17, 15) is 4.79 Å². The van der Waals surface area contributed by atoms with Gasteiger partial charge in [0.2, 0.25) is 0 Å². The quantitative estimate of drug-likeness (QED) is 0.734. The zero-order chi connectivity index (χ0) is 12.1. The van der Waals surface area contributed by atoms with Crippen LogP contribution in [0.1, 0.15) is 5.56 Å². The Morgan fingerprint density at radius 1 is 1.29 bits per heavy atom. The van der Waals surface area contributed by atoms with E-state index in [1.165, 1.54) is 0 Å². The molecule has 2 rings (SSSR count). The van der Waals surface area contributed by atoms with Gasteiger partial charge < -0.3 is 14.4 Å². The summed E-state index contributed by atoms with van der Waals surface area (Å²) in [5, 5.41) is 8.63. The summed E-state index contributed by atoms with van der Waals surface area (Å²) < 4.78 is 10.3. The van der Waals surface area contributed by atoms with Crippen molar-refractivity contribution in [3.05, 3.63) is 29.8 Å². The Morgan fingerprint density at radius 3 is 2.53 bits per heavy atom. The molecule has 0 unspecified atom stereocenters. The molecule has 1 aromatic carbocycles. The first kappa shape index (κ1) is 11.4. The van der Waals surface area contributed by atoms with E-state index in [0.29, 0.717) is 37.6 Å². The summed E-state index contributed by atoms with van der Waals surface area (Å²) in [4.78, 5) is 13.3. The van der Waals surface area contributed by atoms with Crippen molar-refractivity contribution >= 4 is 6.09 Å². The standard InChI is InChI=1S/C12H12N2O3/c13-9-10-1-3-11(4-2-10)17-12(15)14-5-7-16-8-6-14/h1-4H,5-8H2. The normalized spacial score (nSPS) is 15.1. The number of nitrogens with zero attached hydrogens (tertiary/aromatic N) is 2. The largest absolute Gasteiger partial charge is 0.415 e. The van der Waals surface area contributed by atoms with Crippen molar-refractivity contribution < 1.29 is 14.3 Å². The van der Waals surface area contributed by atoms with Crippen LogP contribution in [0, 0.1) is 11.3 Å². The number of hydrogen-bond acceptors (Lipinski definition) is 4. The summed E-state index contributed by atoms with van der Waals surface area (Å²) in [7, 11) is 0. The minimum Gasteiger partial charge on any atom is -0.410 e. The Morgan fingerprint density at radius 2 is 1.94 bits per heavy atom. The SMILES string of the molecule is N#Cc1ccc(OC(=O)N2CCOCC2)cc1. The molecule has 88 valence electrons. The Balaban J connectivity index is 1.95. The van der Waals surface area contributed by atoms with E-state index in [-0.39, 0.29) is 6.09 Å². The molecule has 0 radical (unpaired) electrons. The number of carbonyl (C=O) groups is 1. The summed E-state index contributed by atoms with van der Waals surface area (Å²) in [6.45, 7) is 2.19. The predicted octanol–water partition coefficient (Wildman–Crippen LogP) is 1.39. The van der Waals surface area contributed by atoms with Gasteiger partial charge in [-0.15, -0.1) is 0 Å². The smallest absolute Gasteiger partial charge is 0.410 e. The van der Waals surface area contributed by atoms with Crippen LogP contribution in [0.5, 0.6) is 5.75 Å². The summed E-state index contributed by atoms with van der Waals surface area (Å²) in [5.41, 5.74) is 0.538. The lowest BCUT2D eigenvalue weighted by molar-refractivity contribution is 0.0416. The minimum atomic E-state index is -0.377. The maximum Gasteiger partial charge on any atom is 0.415 e. The van der Waals surface area contributed by atoms with Crippen molar-refractivity contribution in [2.45, 2.75) is 0 Å². The van der Waals surface area contributed by atoms with Gasteiger partial charge in [-0.25, -0.2) is 4.79 Å². The van der Waals surface area contributed by atoms with Crippen LogP contribution < -0.4 is 4.74 Å². The topological polar surface area (TPSA) is 62.6 Å². The van der Waals surface area contributed by atoms with Crippen molar-refractivity contribution in [3.63, 3.8) is 0 Å². The van der Waals surface area contributed by atoms with E-state index in [1.54, 1.807) is 29.2 Å². The molecule has 1 aliphatic rings. The zero-order valence-electron chi connectivity index (χ0n) is 9.26. The first-order valence-corrected chi connectivity index (χ1v) is 5.34. The highest BCUT2D eigenvalue weighted by molar-refractivity contribution is 5.70. The summed E-state index contributed by atoms with van der Waals surface area (Å²) in [6, 6.07) is 8.45. The third kappa shape index (κ3) is 2.95. The van der Waals surface area contributed by atoms with Gasteiger partial charge in [0.15, 0.2) is 0 Å². The number of carbonyl (C=O) groups excluding carboxylic acids is 1. The lowest BCUT2D eigenvalue weighted by Gasteiger charge is -2.25. The van der Waals surface area contributed by atoms with Crippen LogP contribution >= 0.6 is 0 Å². The third-order valence-corrected chi connectivity index (χ3v) is 2.46. The van der Waals surface area contributed by atoms with E-state index in [4.69, 9.17) is 14.7 Å². The van der Waals surface area contributed by atoms with Gasteiger partial charge in [0.1, 0.15) is 5.75 Å². The number of morpholine rings is 1. The molecule has 5 nitrogen and oxygen atoms in total. The van der Waals surface area contributed by atoms with Gasteiger partial charge in [0.25, 0.3) is 0 Å². The minimum absolute atomic E-state index is 0.377. The van der Waals surface area contributed by atoms with E-state index >= 15 is 0 Å². The van der Waals surface area contributed by atoms with E-state index in [0.717, 1.165) is 0 Å². The maximum absolute atomic E-state index is 11.7. The first-order chi connectivity index (χ1) is 8.29. The molecule has 1 fully saturated rings. The molecule has 17 heavy (non-hydrogen) atoms. The predicted molar refractivity (Wildman–Crippen MR) is 59.6 cm³/mol. The van der Waals surface area contributed by atoms with Crippen molar-refractivity contribution in [2.24, 2.45) is 0 Å². The molecule has 1 aromatic rings. The fourth-order valence-electron chi connectivity index (χ4n) is 1.51. The highest BCUT2D eigenvalue weighted by Gasteiger charge is 2.18. The fraction of sp³-hybridized carbons (Fsp3) is 0.333. The van der Waals surface area contributed by atoms with Crippen molar-refractivity contribution in [1.82, 2.24) is 4.90 Å². The second-order valence-corrected chi connectivity index (χ2v) is 3.60. The average Bonchev–Trinajstić information content (AvgIpc) is 2.40. The highest BCUT2D eigenvalue weighted by Crippen LogP contribution is 2.13. The summed E-state index contributed by atoms with van der Waals surface area (Å²) >= 11 is 0. The molecule has 0 atom stereocenters. The molecule has 0 spiro atoms. The molecule has 0 bridgehead atoms. The monoisotopic (exact) mass is 232 g/mol. The van der Waals surface area contributed by atoms with Crippen molar-refractivity contribution in [2.75, 3.05) is 26.3 Å². The maximum atomic E-state index is 11.7. The number of hydrogen-bond donors (Lipinski definition) is 0. The molecule has 1 heterocycles. The molecule has 1 aliphatic heterocycles. The summed E-state index contributed by atoms with van der Waals surface area (Å²) in [5.74, 6) is 0.445. The number of ether oxygens (including phenoxy) is 2. The number of nitriles is 1. The second kappa shape index (κ2) is 5.32. The lowest BCUT2D eigenvalue weighted by atomic mass is 10.2. The molecule has 0 saturated carbocycles. The van der Waals surface area contributed by atoms with E-state index < -0.39 is 0 Å². The van der Waals surface area contributed by atoms with Crippen LogP contribution in [0.2, 0.25) is 0 Å². The molecule has 5 heteroatoms. The van der Waals surface area contributed by atoms with Gasteiger partial charge in [0.05, 0.1) is 24.8 Å². The fourth-order valence-corrected chi connectivity index (χ4v) is 1.51. The lowest BCUT2D eigenvalue weighted by Crippen LogP contribution is -2.42. The Bertz CT molecular complexity index is 430. The third-order valence-electron chi connectivity index (χ3n) is 2.46. The van der Waals surface area contributed by atoms with Gasteiger partial charge in [-0.1, -0.05) is 0 Å². The van der Waals surface area contributed by atoms with Crippen LogP contribution in [0.4, 0.5) is 4.79 Å². The van der Waals surface area contributed by atoms with Gasteiger partial charge in [-0.2, -0.15) is 5.26 Å². The molecule has 0 N–H and O–H groups in total. The Labute approximate surface area is 99.2 Å². The molecule has 0 aromatic heterocycles. The Kier molecular flexibility index (Phi) is 3.58. The number of benzene rings is 1. The molecular formula is C12H12N2O3. The van der Waals surface area contributed by atoms with Crippen LogP contribution in [0.15, 0.2) is 24.3 Å². The molecular weight excluding hydrogens is 220 g/mol.